The number of ether oxygens (including phenoxy) is 1. The van der Waals surface area contributed by atoms with Crippen molar-refractivity contribution in [3.8, 4) is 0 Å². The molecule has 0 spiro atoms. The molecule has 0 aromatic carbocycles. The van der Waals surface area contributed by atoms with Crippen molar-refractivity contribution in [1.29, 1.82) is 0 Å². The summed E-state index contributed by atoms with van der Waals surface area (Å²) in [6.45, 7) is 7.50. The fraction of sp³-hybridized carbons (Fsp3) is 0.875. The third-order valence-electron chi connectivity index (χ3n) is 3.49. The minimum absolute atomic E-state index is 0.622. The maximum absolute atomic E-state index is 6.13. The number of hydrogen-bond donors (Lipinski definition) is 0. The van der Waals surface area contributed by atoms with Crippen LogP contribution in [0.25, 0.3) is 0 Å². The lowest BCUT2D eigenvalue weighted by molar-refractivity contribution is -0.0450. The first-order valence-corrected chi connectivity index (χ1v) is 7.46. The second-order valence-electron chi connectivity index (χ2n) is 5.86. The Kier molecular flexibility index (Phi) is 7.59. The molecule has 0 heterocycles. The van der Waals surface area contributed by atoms with Crippen molar-refractivity contribution in [3.63, 3.8) is 0 Å². The summed E-state index contributed by atoms with van der Waals surface area (Å²) in [5.41, 5.74) is 1.17. The van der Waals surface area contributed by atoms with Crippen LogP contribution in [-0.4, -0.2) is 12.2 Å². The van der Waals surface area contributed by atoms with Crippen molar-refractivity contribution < 1.29 is 4.74 Å². The van der Waals surface area contributed by atoms with Gasteiger partial charge in [0.2, 0.25) is 0 Å². The molecule has 0 atom stereocenters. The predicted octanol–water partition coefficient (Wildman–Crippen LogP) is 5.25. The van der Waals surface area contributed by atoms with Crippen LogP contribution in [0.15, 0.2) is 12.2 Å². The smallest absolute Gasteiger partial charge is 0.0578 e. The lowest BCUT2D eigenvalue weighted by Gasteiger charge is -2.29. The molecular formula is C16H30O. The molecule has 0 unspecified atom stereocenters. The molecule has 1 heteroatoms. The molecule has 0 bridgehead atoms. The minimum atomic E-state index is 0.622. The van der Waals surface area contributed by atoms with Crippen molar-refractivity contribution in [2.75, 3.05) is 0 Å². The van der Waals surface area contributed by atoms with E-state index >= 15 is 0 Å². The summed E-state index contributed by atoms with van der Waals surface area (Å²) in [6, 6.07) is 0. The third kappa shape index (κ3) is 7.59. The first kappa shape index (κ1) is 14.8. The Morgan fingerprint density at radius 2 is 1.06 bits per heavy atom. The van der Waals surface area contributed by atoms with Gasteiger partial charge in [0.25, 0.3) is 0 Å². The second kappa shape index (κ2) is 8.74. The van der Waals surface area contributed by atoms with Crippen molar-refractivity contribution in [1.82, 2.24) is 0 Å². The topological polar surface area (TPSA) is 9.23 Å². The average molecular weight is 238 g/mol. The molecular weight excluding hydrogens is 208 g/mol. The van der Waals surface area contributed by atoms with E-state index in [0.717, 1.165) is 0 Å². The highest BCUT2D eigenvalue weighted by Crippen LogP contribution is 2.26. The lowest BCUT2D eigenvalue weighted by atomic mass is 9.95. The van der Waals surface area contributed by atoms with Crippen LogP contribution in [-0.2, 0) is 4.74 Å². The minimum Gasteiger partial charge on any atom is -0.375 e. The van der Waals surface area contributed by atoms with Crippen molar-refractivity contribution in [2.24, 2.45) is 0 Å². The van der Waals surface area contributed by atoms with Crippen LogP contribution in [0.2, 0.25) is 0 Å². The SMILES string of the molecule is C1CCC(OC2CCCCC2)CC1.C=C(C)C. The highest BCUT2D eigenvalue weighted by atomic mass is 16.5. The van der Waals surface area contributed by atoms with E-state index in [4.69, 9.17) is 4.74 Å². The summed E-state index contributed by atoms with van der Waals surface area (Å²) in [7, 11) is 0. The van der Waals surface area contributed by atoms with E-state index in [1.165, 1.54) is 69.8 Å². The normalized spacial score (nSPS) is 22.7. The molecule has 17 heavy (non-hydrogen) atoms. The van der Waals surface area contributed by atoms with Gasteiger partial charge in [-0.1, -0.05) is 44.1 Å². The van der Waals surface area contributed by atoms with E-state index < -0.39 is 0 Å². The molecule has 0 aromatic heterocycles. The van der Waals surface area contributed by atoms with Crippen LogP contribution in [0, 0.1) is 0 Å². The largest absolute Gasteiger partial charge is 0.375 e. The van der Waals surface area contributed by atoms with Crippen LogP contribution in [0.3, 0.4) is 0 Å². The van der Waals surface area contributed by atoms with Gasteiger partial charge >= 0.3 is 0 Å². The zero-order chi connectivity index (χ0) is 12.5. The molecule has 0 radical (unpaired) electrons. The Balaban J connectivity index is 0.000000317. The summed E-state index contributed by atoms with van der Waals surface area (Å²) in [4.78, 5) is 0. The zero-order valence-electron chi connectivity index (χ0n) is 11.8. The van der Waals surface area contributed by atoms with E-state index in [9.17, 15) is 0 Å². The summed E-state index contributed by atoms with van der Waals surface area (Å²) < 4.78 is 6.13. The molecule has 2 aliphatic rings. The van der Waals surface area contributed by atoms with Gasteiger partial charge in [-0.3, -0.25) is 0 Å². The fourth-order valence-electron chi connectivity index (χ4n) is 2.67. The Morgan fingerprint density at radius 3 is 1.35 bits per heavy atom. The van der Waals surface area contributed by atoms with Crippen LogP contribution in [0.5, 0.6) is 0 Å². The number of allylic oxidation sites excluding steroid dienone is 1. The molecule has 0 saturated heterocycles. The van der Waals surface area contributed by atoms with Crippen LogP contribution < -0.4 is 0 Å². The molecule has 100 valence electrons. The van der Waals surface area contributed by atoms with Crippen LogP contribution in [0.4, 0.5) is 0 Å². The molecule has 2 rings (SSSR count). The summed E-state index contributed by atoms with van der Waals surface area (Å²) in [5, 5.41) is 0. The van der Waals surface area contributed by atoms with Gasteiger partial charge in [0.05, 0.1) is 12.2 Å². The number of hydrogen-bond acceptors (Lipinski definition) is 1. The highest BCUT2D eigenvalue weighted by Gasteiger charge is 2.20. The Labute approximate surface area is 108 Å². The van der Waals surface area contributed by atoms with Crippen LogP contribution >= 0.6 is 0 Å². The summed E-state index contributed by atoms with van der Waals surface area (Å²) >= 11 is 0. The van der Waals surface area contributed by atoms with E-state index in [0.29, 0.717) is 12.2 Å². The highest BCUT2D eigenvalue weighted by molar-refractivity contribution is 4.78. The monoisotopic (exact) mass is 238 g/mol. The molecule has 2 saturated carbocycles. The first-order valence-electron chi connectivity index (χ1n) is 7.46. The van der Waals surface area contributed by atoms with Gasteiger partial charge in [-0.05, 0) is 39.5 Å². The summed E-state index contributed by atoms with van der Waals surface area (Å²) in [5.74, 6) is 0. The lowest BCUT2D eigenvalue weighted by Crippen LogP contribution is -2.25. The van der Waals surface area contributed by atoms with Crippen molar-refractivity contribution in [3.05, 3.63) is 12.2 Å². The molecule has 0 N–H and O–H groups in total. The Morgan fingerprint density at radius 1 is 0.765 bits per heavy atom. The second-order valence-corrected chi connectivity index (χ2v) is 5.86. The van der Waals surface area contributed by atoms with Gasteiger partial charge in [0.1, 0.15) is 0 Å². The van der Waals surface area contributed by atoms with Crippen LogP contribution in [0.1, 0.15) is 78.1 Å². The van der Waals surface area contributed by atoms with Gasteiger partial charge < -0.3 is 4.74 Å². The molecule has 0 aromatic rings. The van der Waals surface area contributed by atoms with Crippen molar-refractivity contribution in [2.45, 2.75) is 90.3 Å². The number of rotatable bonds is 2. The van der Waals surface area contributed by atoms with E-state index in [1.54, 1.807) is 0 Å². The quantitative estimate of drug-likeness (QED) is 0.597. The first-order chi connectivity index (χ1) is 8.18. The van der Waals surface area contributed by atoms with E-state index in [-0.39, 0.29) is 0 Å². The molecule has 1 nitrogen and oxygen atoms in total. The van der Waals surface area contributed by atoms with Gasteiger partial charge in [0.15, 0.2) is 0 Å². The molecule has 0 amide bonds. The van der Waals surface area contributed by atoms with Gasteiger partial charge in [0, 0.05) is 0 Å². The third-order valence-corrected chi connectivity index (χ3v) is 3.49. The van der Waals surface area contributed by atoms with Gasteiger partial charge in [-0.15, -0.1) is 6.58 Å². The molecule has 2 aliphatic carbocycles. The zero-order valence-corrected chi connectivity index (χ0v) is 11.8. The molecule has 0 aliphatic heterocycles. The Hall–Kier alpha value is -0.300. The average Bonchev–Trinajstić information content (AvgIpc) is 2.31. The van der Waals surface area contributed by atoms with E-state index in [2.05, 4.69) is 6.58 Å². The maximum atomic E-state index is 6.13. The predicted molar refractivity (Wildman–Crippen MR) is 75.3 cm³/mol. The summed E-state index contributed by atoms with van der Waals surface area (Å²) in [6.07, 6.45) is 15.0. The molecule has 2 fully saturated rings. The van der Waals surface area contributed by atoms with Crippen molar-refractivity contribution >= 4 is 0 Å². The maximum Gasteiger partial charge on any atom is 0.0578 e. The Bertz CT molecular complexity index is 178. The fourth-order valence-corrected chi connectivity index (χ4v) is 2.67. The van der Waals surface area contributed by atoms with E-state index in [1.807, 2.05) is 13.8 Å². The van der Waals surface area contributed by atoms with Gasteiger partial charge in [-0.2, -0.15) is 0 Å². The van der Waals surface area contributed by atoms with Gasteiger partial charge in [-0.25, -0.2) is 0 Å². The standard InChI is InChI=1S/C12H22O.C4H8/c1-3-7-11(8-4-1)13-12-9-5-2-6-10-12;1-4(2)3/h11-12H,1-10H2;1H2,2-3H3.